The van der Waals surface area contributed by atoms with Crippen LogP contribution in [0.5, 0.6) is 0 Å². The molecule has 0 saturated carbocycles. The van der Waals surface area contributed by atoms with Gasteiger partial charge in [0.15, 0.2) is 0 Å². The summed E-state index contributed by atoms with van der Waals surface area (Å²) in [7, 11) is -6.36. The van der Waals surface area contributed by atoms with E-state index < -0.39 is 20.0 Å². The van der Waals surface area contributed by atoms with Crippen molar-refractivity contribution in [3.63, 3.8) is 0 Å². The van der Waals surface area contributed by atoms with Crippen LogP contribution in [0.25, 0.3) is 0 Å². The number of morpholine rings is 1. The summed E-state index contributed by atoms with van der Waals surface area (Å²) in [6.45, 7) is 3.98. The molecular weight excluding hydrogens is 410 g/mol. The van der Waals surface area contributed by atoms with Crippen molar-refractivity contribution >= 4 is 37.1 Å². The summed E-state index contributed by atoms with van der Waals surface area (Å²) in [5.41, 5.74) is 1.57. The van der Waals surface area contributed by atoms with Crippen molar-refractivity contribution in [2.75, 3.05) is 37.7 Å². The van der Waals surface area contributed by atoms with Crippen LogP contribution in [0, 0.1) is 0 Å². The molecule has 0 spiro atoms. The van der Waals surface area contributed by atoms with Gasteiger partial charge in [-0.3, -0.25) is 9.21 Å². The fraction of sp³-hybridized carbons (Fsp3) is 0.375. The summed E-state index contributed by atoms with van der Waals surface area (Å²) >= 11 is 0.635. The Kier molecular flexibility index (Phi) is 5.89. The van der Waals surface area contributed by atoms with Gasteiger partial charge in [-0.05, 0) is 29.8 Å². The molecule has 11 heteroatoms. The van der Waals surface area contributed by atoms with Crippen LogP contribution in [0.15, 0.2) is 44.8 Å². The van der Waals surface area contributed by atoms with E-state index in [0.29, 0.717) is 17.0 Å². The van der Waals surface area contributed by atoms with Crippen LogP contribution in [0.1, 0.15) is 5.56 Å². The molecule has 2 heterocycles. The van der Waals surface area contributed by atoms with Crippen LogP contribution >= 0.6 is 11.3 Å². The molecule has 0 atom stereocenters. The number of sulfonamides is 2. The van der Waals surface area contributed by atoms with Crippen molar-refractivity contribution in [1.29, 1.82) is 0 Å². The Bertz CT molecular complexity index is 994. The Balaban J connectivity index is 1.76. The fourth-order valence-electron chi connectivity index (χ4n) is 2.70. The number of thiophene rings is 1. The first-order valence-electron chi connectivity index (χ1n) is 8.18. The van der Waals surface area contributed by atoms with Gasteiger partial charge in [-0.2, -0.15) is 0 Å². The molecule has 148 valence electrons. The summed E-state index contributed by atoms with van der Waals surface area (Å²) < 4.78 is 54.5. The van der Waals surface area contributed by atoms with E-state index in [0.717, 1.165) is 42.7 Å². The van der Waals surface area contributed by atoms with Crippen molar-refractivity contribution in [3.8, 4) is 0 Å². The largest absolute Gasteiger partial charge is 0.379 e. The van der Waals surface area contributed by atoms with Gasteiger partial charge in [0.1, 0.15) is 8.42 Å². The third kappa shape index (κ3) is 4.68. The smallest absolute Gasteiger partial charge is 0.273 e. The summed E-state index contributed by atoms with van der Waals surface area (Å²) in [6, 6.07) is 9.71. The van der Waals surface area contributed by atoms with E-state index in [1.165, 1.54) is 19.2 Å². The average molecular weight is 432 g/mol. The normalized spacial score (nSPS) is 16.4. The van der Waals surface area contributed by atoms with Crippen LogP contribution in [0.3, 0.4) is 0 Å². The maximum Gasteiger partial charge on any atom is 0.273 e. The molecule has 27 heavy (non-hydrogen) atoms. The third-order valence-electron chi connectivity index (χ3n) is 4.26. The number of nitrogens with zero attached hydrogens (tertiary/aromatic N) is 2. The third-order valence-corrected chi connectivity index (χ3v) is 9.04. The number of hydrogen-bond acceptors (Lipinski definition) is 7. The molecule has 1 fully saturated rings. The molecule has 1 saturated heterocycles. The summed E-state index contributed by atoms with van der Waals surface area (Å²) in [5.74, 6) is 0. The second-order valence-electron chi connectivity index (χ2n) is 6.15. The number of rotatable bonds is 6. The molecule has 0 amide bonds. The molecule has 1 aromatic carbocycles. The van der Waals surface area contributed by atoms with Crippen molar-refractivity contribution < 1.29 is 21.6 Å². The average Bonchev–Trinajstić information content (AvgIpc) is 3.14. The second kappa shape index (κ2) is 7.86. The lowest BCUT2D eigenvalue weighted by Gasteiger charge is -2.26. The minimum Gasteiger partial charge on any atom is -0.379 e. The molecule has 8 nitrogen and oxygen atoms in total. The zero-order valence-corrected chi connectivity index (χ0v) is 17.2. The van der Waals surface area contributed by atoms with Gasteiger partial charge < -0.3 is 4.74 Å². The number of ether oxygens (including phenoxy) is 1. The lowest BCUT2D eigenvalue weighted by atomic mass is 10.2. The maximum absolute atomic E-state index is 12.8. The van der Waals surface area contributed by atoms with Gasteiger partial charge in [-0.1, -0.05) is 12.1 Å². The molecule has 0 radical (unpaired) electrons. The Morgan fingerprint density at radius 3 is 2.19 bits per heavy atom. The van der Waals surface area contributed by atoms with Gasteiger partial charge in [0.25, 0.3) is 10.0 Å². The molecule has 0 aliphatic carbocycles. The first kappa shape index (κ1) is 20.2. The van der Waals surface area contributed by atoms with E-state index in [9.17, 15) is 16.8 Å². The summed E-state index contributed by atoms with van der Waals surface area (Å²) in [4.78, 5) is 2.28. The van der Waals surface area contributed by atoms with Crippen LogP contribution < -0.4 is 9.44 Å². The predicted octanol–water partition coefficient (Wildman–Crippen LogP) is 1.05. The van der Waals surface area contributed by atoms with Crippen molar-refractivity contribution in [2.45, 2.75) is 15.0 Å². The minimum atomic E-state index is -3.93. The van der Waals surface area contributed by atoms with Gasteiger partial charge in [0.2, 0.25) is 10.0 Å². The molecule has 0 unspecified atom stereocenters. The van der Waals surface area contributed by atoms with Gasteiger partial charge >= 0.3 is 0 Å². The molecule has 2 N–H and O–H groups in total. The standard InChI is InChI=1S/C16H21N3O5S3/c1-18(27(22,23)16-7-6-15(25-16)26(17,20)21)14-4-2-13(3-5-14)12-19-8-10-24-11-9-19/h2-7H,8-12H2,1H3,(H2,17,20,21). The van der Waals surface area contributed by atoms with E-state index in [1.807, 2.05) is 12.1 Å². The van der Waals surface area contributed by atoms with Crippen molar-refractivity contribution in [3.05, 3.63) is 42.0 Å². The van der Waals surface area contributed by atoms with Gasteiger partial charge in [-0.25, -0.2) is 22.0 Å². The van der Waals surface area contributed by atoms with Crippen LogP contribution in [-0.4, -0.2) is 55.1 Å². The minimum absolute atomic E-state index is 0.0774. The Morgan fingerprint density at radius 1 is 1.04 bits per heavy atom. The number of nitrogens with two attached hydrogens (primary N) is 1. The number of primary sulfonamides is 1. The topological polar surface area (TPSA) is 110 Å². The lowest BCUT2D eigenvalue weighted by Crippen LogP contribution is -2.35. The number of benzene rings is 1. The van der Waals surface area contributed by atoms with E-state index in [4.69, 9.17) is 9.88 Å². The van der Waals surface area contributed by atoms with Gasteiger partial charge in [0, 0.05) is 26.7 Å². The van der Waals surface area contributed by atoms with E-state index in [2.05, 4.69) is 4.90 Å². The number of hydrogen-bond donors (Lipinski definition) is 1. The van der Waals surface area contributed by atoms with Crippen LogP contribution in [0.4, 0.5) is 5.69 Å². The molecule has 3 rings (SSSR count). The predicted molar refractivity (Wildman–Crippen MR) is 104 cm³/mol. The van der Waals surface area contributed by atoms with Crippen molar-refractivity contribution in [2.24, 2.45) is 5.14 Å². The molecule has 0 bridgehead atoms. The van der Waals surface area contributed by atoms with Gasteiger partial charge in [-0.15, -0.1) is 11.3 Å². The Hall–Kier alpha value is -1.50. The highest BCUT2D eigenvalue weighted by atomic mass is 32.3. The number of anilines is 1. The summed E-state index contributed by atoms with van der Waals surface area (Å²) in [6.07, 6.45) is 0. The van der Waals surface area contributed by atoms with Crippen LogP contribution in [0.2, 0.25) is 0 Å². The fourth-order valence-corrected chi connectivity index (χ4v) is 6.25. The molecule has 1 aliphatic rings. The molecular formula is C16H21N3O5S3. The SMILES string of the molecule is CN(c1ccc(CN2CCOCC2)cc1)S(=O)(=O)c1ccc(S(N)(=O)=O)s1. The Morgan fingerprint density at radius 2 is 1.63 bits per heavy atom. The highest BCUT2D eigenvalue weighted by Gasteiger charge is 2.25. The first-order valence-corrected chi connectivity index (χ1v) is 12.0. The first-order chi connectivity index (χ1) is 12.7. The maximum atomic E-state index is 12.8. The Labute approximate surface area is 163 Å². The second-order valence-corrected chi connectivity index (χ2v) is 11.2. The van der Waals surface area contributed by atoms with Crippen molar-refractivity contribution in [1.82, 2.24) is 4.90 Å². The van der Waals surface area contributed by atoms with Gasteiger partial charge in [0.05, 0.1) is 18.9 Å². The van der Waals surface area contributed by atoms with Crippen LogP contribution in [-0.2, 0) is 31.3 Å². The zero-order valence-electron chi connectivity index (χ0n) is 14.7. The van der Waals surface area contributed by atoms with E-state index >= 15 is 0 Å². The quantitative estimate of drug-likeness (QED) is 0.732. The lowest BCUT2D eigenvalue weighted by molar-refractivity contribution is 0.0342. The molecule has 1 aliphatic heterocycles. The highest BCUT2D eigenvalue weighted by Crippen LogP contribution is 2.29. The molecule has 1 aromatic heterocycles. The highest BCUT2D eigenvalue weighted by molar-refractivity contribution is 7.96. The van der Waals surface area contributed by atoms with E-state index in [1.54, 1.807) is 12.1 Å². The molecule has 2 aromatic rings. The zero-order chi connectivity index (χ0) is 19.7. The monoisotopic (exact) mass is 431 g/mol. The van der Waals surface area contributed by atoms with E-state index in [-0.39, 0.29) is 8.42 Å². The summed E-state index contributed by atoms with van der Waals surface area (Å²) in [5, 5.41) is 5.06.